The number of aromatic amines is 1. The van der Waals surface area contributed by atoms with Crippen molar-refractivity contribution in [3.8, 4) is 0 Å². The first-order chi connectivity index (χ1) is 15.5. The van der Waals surface area contributed by atoms with Crippen LogP contribution in [0.25, 0.3) is 16.7 Å². The lowest BCUT2D eigenvalue weighted by Gasteiger charge is -2.33. The fourth-order valence-electron chi connectivity index (χ4n) is 3.56. The first kappa shape index (κ1) is 22.9. The number of nitrogens with one attached hydrogen (secondary N) is 1. The van der Waals surface area contributed by atoms with Gasteiger partial charge in [-0.15, -0.1) is 0 Å². The van der Waals surface area contributed by atoms with E-state index in [1.807, 2.05) is 30.3 Å². The van der Waals surface area contributed by atoms with Crippen LogP contribution in [0.2, 0.25) is 5.02 Å². The number of alkyl halides is 1. The molecule has 0 bridgehead atoms. The van der Waals surface area contributed by atoms with Gasteiger partial charge in [-0.05, 0) is 41.0 Å². The Balaban J connectivity index is 1.28. The second-order valence-electron chi connectivity index (χ2n) is 7.56. The third kappa shape index (κ3) is 5.73. The van der Waals surface area contributed by atoms with Gasteiger partial charge in [0.05, 0.1) is 5.52 Å². The van der Waals surface area contributed by atoms with E-state index in [4.69, 9.17) is 20.8 Å². The van der Waals surface area contributed by atoms with E-state index in [1.165, 1.54) is 5.57 Å². The van der Waals surface area contributed by atoms with Crippen LogP contribution in [0, 0.1) is 0 Å². The van der Waals surface area contributed by atoms with E-state index in [1.54, 1.807) is 17.0 Å². The summed E-state index contributed by atoms with van der Waals surface area (Å²) >= 11 is 8.22. The van der Waals surface area contributed by atoms with E-state index in [2.05, 4.69) is 38.6 Å². The molecule has 2 aromatic carbocycles. The van der Waals surface area contributed by atoms with Crippen LogP contribution in [0.1, 0.15) is 11.1 Å². The molecule has 1 aromatic heterocycles. The molecule has 0 saturated carbocycles. The summed E-state index contributed by atoms with van der Waals surface area (Å²) in [5.41, 5.74) is 4.40. The van der Waals surface area contributed by atoms with Crippen LogP contribution in [0.15, 0.2) is 57.8 Å². The average Bonchev–Trinajstić information content (AvgIpc) is 3.18. The summed E-state index contributed by atoms with van der Waals surface area (Å²) in [6.07, 6.45) is 1.91. The van der Waals surface area contributed by atoms with Crippen molar-refractivity contribution < 1.29 is 13.9 Å². The number of piperazine rings is 1. The van der Waals surface area contributed by atoms with Crippen molar-refractivity contribution in [2.45, 2.75) is 6.61 Å². The van der Waals surface area contributed by atoms with Gasteiger partial charge in [0.1, 0.15) is 6.61 Å². The standard InChI is InChI=1S/C23H23ClIN3O4/c24-19-4-1-16(2-5-19)15-31-23(30)28-11-9-27(10-12-28)8-7-18(14-25)17-3-6-20-21(13-17)32-22(29)26-20/h1-7,13H,8-12,14-15H2,(H,26,29)/b18-7+. The van der Waals surface area contributed by atoms with Crippen LogP contribution >= 0.6 is 34.2 Å². The van der Waals surface area contributed by atoms with Gasteiger partial charge in [0, 0.05) is 42.2 Å². The van der Waals surface area contributed by atoms with E-state index in [9.17, 15) is 9.59 Å². The van der Waals surface area contributed by atoms with Crippen molar-refractivity contribution in [3.05, 3.63) is 75.2 Å². The maximum absolute atomic E-state index is 12.4. The molecule has 1 saturated heterocycles. The molecule has 3 aromatic rings. The minimum Gasteiger partial charge on any atom is -0.445 e. The number of allylic oxidation sites excluding steroid dienone is 1. The summed E-state index contributed by atoms with van der Waals surface area (Å²) in [5, 5.41) is 0.660. The molecule has 0 atom stereocenters. The van der Waals surface area contributed by atoms with Gasteiger partial charge in [0.25, 0.3) is 0 Å². The van der Waals surface area contributed by atoms with Gasteiger partial charge in [-0.25, -0.2) is 9.59 Å². The van der Waals surface area contributed by atoms with E-state index in [-0.39, 0.29) is 12.7 Å². The first-order valence-corrected chi connectivity index (χ1v) is 12.2. The number of oxazole rings is 1. The Hall–Kier alpha value is -2.30. The molecule has 1 amide bonds. The van der Waals surface area contributed by atoms with Gasteiger partial charge >= 0.3 is 11.8 Å². The summed E-state index contributed by atoms with van der Waals surface area (Å²) in [7, 11) is 0. The Morgan fingerprint density at radius 2 is 1.91 bits per heavy atom. The van der Waals surface area contributed by atoms with Gasteiger partial charge in [0.2, 0.25) is 0 Å². The van der Waals surface area contributed by atoms with Crippen LogP contribution in [0.5, 0.6) is 0 Å². The zero-order valence-corrected chi connectivity index (χ0v) is 20.3. The van der Waals surface area contributed by atoms with Crippen molar-refractivity contribution in [2.75, 3.05) is 37.2 Å². The molecule has 0 radical (unpaired) electrons. The number of hydrogen-bond acceptors (Lipinski definition) is 5. The lowest BCUT2D eigenvalue weighted by molar-refractivity contribution is 0.0742. The Bertz CT molecular complexity index is 1160. The lowest BCUT2D eigenvalue weighted by atomic mass is 10.1. The molecule has 1 aliphatic heterocycles. The van der Waals surface area contributed by atoms with Crippen molar-refractivity contribution in [3.63, 3.8) is 0 Å². The first-order valence-electron chi connectivity index (χ1n) is 10.3. The largest absolute Gasteiger partial charge is 0.445 e. The zero-order chi connectivity index (χ0) is 22.5. The average molecular weight is 568 g/mol. The number of H-pyrrole nitrogens is 1. The fourth-order valence-corrected chi connectivity index (χ4v) is 4.44. The third-order valence-electron chi connectivity index (χ3n) is 5.44. The van der Waals surface area contributed by atoms with Crippen molar-refractivity contribution in [1.29, 1.82) is 0 Å². The second kappa shape index (κ2) is 10.5. The number of halogens is 2. The molecule has 2 heterocycles. The maximum atomic E-state index is 12.4. The third-order valence-corrected chi connectivity index (χ3v) is 6.51. The molecule has 1 N–H and O–H groups in total. The van der Waals surface area contributed by atoms with Crippen LogP contribution in [-0.4, -0.2) is 58.0 Å². The van der Waals surface area contributed by atoms with E-state index in [0.29, 0.717) is 29.2 Å². The van der Waals surface area contributed by atoms with Crippen molar-refractivity contribution in [1.82, 2.24) is 14.8 Å². The number of carbonyl (C=O) groups is 1. The van der Waals surface area contributed by atoms with Crippen LogP contribution in [0.3, 0.4) is 0 Å². The van der Waals surface area contributed by atoms with Gasteiger partial charge < -0.3 is 14.1 Å². The molecule has 4 rings (SSSR count). The Morgan fingerprint density at radius 3 is 2.62 bits per heavy atom. The topological polar surface area (TPSA) is 78.8 Å². The molecular weight excluding hydrogens is 545 g/mol. The van der Waals surface area contributed by atoms with Crippen molar-refractivity contribution in [2.24, 2.45) is 0 Å². The molecule has 32 heavy (non-hydrogen) atoms. The molecule has 0 unspecified atom stereocenters. The molecular formula is C23H23ClIN3O4. The SMILES string of the molecule is O=C(OCc1ccc(Cl)cc1)N1CCN(C/C=C(\CI)c2ccc3[nH]c(=O)oc3c2)CC1. The summed E-state index contributed by atoms with van der Waals surface area (Å²) in [5.74, 6) is -0.443. The van der Waals surface area contributed by atoms with E-state index in [0.717, 1.165) is 35.2 Å². The monoisotopic (exact) mass is 567 g/mol. The number of fused-ring (bicyclic) bond motifs is 1. The molecule has 168 valence electrons. The normalized spacial score (nSPS) is 15.3. The highest BCUT2D eigenvalue weighted by Gasteiger charge is 2.21. The summed E-state index contributed by atoms with van der Waals surface area (Å²) in [6.45, 7) is 3.87. The smallest absolute Gasteiger partial charge is 0.417 e. The molecule has 0 aliphatic carbocycles. The lowest BCUT2D eigenvalue weighted by Crippen LogP contribution is -2.48. The van der Waals surface area contributed by atoms with Crippen LogP contribution < -0.4 is 5.76 Å². The number of hydrogen-bond donors (Lipinski definition) is 1. The van der Waals surface area contributed by atoms with Gasteiger partial charge in [-0.2, -0.15) is 0 Å². The predicted molar refractivity (Wildman–Crippen MR) is 133 cm³/mol. The molecule has 0 spiro atoms. The van der Waals surface area contributed by atoms with E-state index >= 15 is 0 Å². The number of ether oxygens (including phenoxy) is 1. The van der Waals surface area contributed by atoms with Gasteiger partial charge in [-0.1, -0.05) is 58.5 Å². The second-order valence-corrected chi connectivity index (χ2v) is 8.76. The maximum Gasteiger partial charge on any atom is 0.417 e. The quantitative estimate of drug-likeness (QED) is 0.349. The Morgan fingerprint density at radius 1 is 1.16 bits per heavy atom. The number of nitrogens with zero attached hydrogens (tertiary/aromatic N) is 2. The Kier molecular flexibility index (Phi) is 7.54. The molecule has 1 fully saturated rings. The van der Waals surface area contributed by atoms with E-state index < -0.39 is 5.76 Å². The van der Waals surface area contributed by atoms with Gasteiger partial charge in [-0.3, -0.25) is 9.88 Å². The van der Waals surface area contributed by atoms with Gasteiger partial charge in [0.15, 0.2) is 5.58 Å². The number of rotatable bonds is 6. The highest BCUT2D eigenvalue weighted by atomic mass is 127. The summed E-state index contributed by atoms with van der Waals surface area (Å²) in [6, 6.07) is 13.0. The number of amides is 1. The minimum atomic E-state index is -0.443. The molecule has 7 nitrogen and oxygen atoms in total. The zero-order valence-electron chi connectivity index (χ0n) is 17.4. The number of aromatic nitrogens is 1. The predicted octanol–water partition coefficient (Wildman–Crippen LogP) is 4.55. The summed E-state index contributed by atoms with van der Waals surface area (Å²) < 4.78 is 11.5. The van der Waals surface area contributed by atoms with Crippen LogP contribution in [-0.2, 0) is 11.3 Å². The highest BCUT2D eigenvalue weighted by molar-refractivity contribution is 14.1. The Labute approximate surface area is 204 Å². The summed E-state index contributed by atoms with van der Waals surface area (Å²) in [4.78, 5) is 30.5. The molecule has 9 heteroatoms. The van der Waals surface area contributed by atoms with Crippen LogP contribution in [0.4, 0.5) is 4.79 Å². The minimum absolute atomic E-state index is 0.240. The highest BCUT2D eigenvalue weighted by Crippen LogP contribution is 2.22. The number of benzene rings is 2. The number of carbonyl (C=O) groups excluding carboxylic acids is 1. The molecule has 1 aliphatic rings. The fraction of sp³-hybridized carbons (Fsp3) is 0.304. The van der Waals surface area contributed by atoms with Crippen molar-refractivity contribution >= 4 is 57.0 Å².